The van der Waals surface area contributed by atoms with Crippen molar-refractivity contribution >= 4 is 22.0 Å². The number of hydrogen-bond donors (Lipinski definition) is 1. The zero-order valence-electron chi connectivity index (χ0n) is 23.1. The standard InChI is InChI=1S/C27H33N7O4S/c1-8-39(18(3)25(38-7)20-15-30-23(37-6)16-29-20)33-27-32-31-26(19-12-17(2)13-28-14-19)34(27)24-21(35-4)10-9-11-22(24)36-5/h8-16,18,25H,1-7H3,(H,32,33)/t18-,25+,39?/m1/s1. The van der Waals surface area contributed by atoms with Gasteiger partial charge in [0.15, 0.2) is 5.82 Å². The molecule has 4 aromatic rings. The first kappa shape index (κ1) is 28.0. The molecule has 11 nitrogen and oxygen atoms in total. The number of benzene rings is 1. The molecule has 206 valence electrons. The Morgan fingerprint density at radius 1 is 0.949 bits per heavy atom. The Bertz CT molecular complexity index is 1420. The molecule has 0 aliphatic carbocycles. The highest BCUT2D eigenvalue weighted by molar-refractivity contribution is 8.16. The number of pyridine rings is 1. The summed E-state index contributed by atoms with van der Waals surface area (Å²) in [4.78, 5) is 13.2. The predicted molar refractivity (Wildman–Crippen MR) is 153 cm³/mol. The Hall–Kier alpha value is -4.03. The minimum atomic E-state index is -0.533. The number of anilines is 1. The van der Waals surface area contributed by atoms with Crippen molar-refractivity contribution in [2.45, 2.75) is 32.1 Å². The summed E-state index contributed by atoms with van der Waals surface area (Å²) in [6, 6.07) is 7.63. The van der Waals surface area contributed by atoms with Crippen LogP contribution >= 0.6 is 10.7 Å². The number of methoxy groups -OCH3 is 4. The second kappa shape index (κ2) is 12.7. The molecule has 1 N–H and O–H groups in total. The highest BCUT2D eigenvalue weighted by Gasteiger charge is 2.27. The van der Waals surface area contributed by atoms with Crippen molar-refractivity contribution in [2.75, 3.05) is 33.2 Å². The van der Waals surface area contributed by atoms with Crippen LogP contribution in [0.5, 0.6) is 17.4 Å². The molecule has 12 heteroatoms. The third-order valence-electron chi connectivity index (χ3n) is 6.11. The van der Waals surface area contributed by atoms with Crippen molar-refractivity contribution in [3.63, 3.8) is 0 Å². The van der Waals surface area contributed by atoms with Gasteiger partial charge in [0, 0.05) is 30.3 Å². The van der Waals surface area contributed by atoms with Crippen LogP contribution in [0.2, 0.25) is 0 Å². The van der Waals surface area contributed by atoms with Crippen LogP contribution in [0.4, 0.5) is 5.95 Å². The monoisotopic (exact) mass is 551 g/mol. The second-order valence-corrected chi connectivity index (χ2v) is 10.7. The number of nitrogens with one attached hydrogen (secondary N) is 1. The maximum absolute atomic E-state index is 5.88. The molecule has 1 aromatic carbocycles. The molecule has 0 bridgehead atoms. The molecule has 0 amide bonds. The zero-order chi connectivity index (χ0) is 27.9. The number of ether oxygens (including phenoxy) is 4. The highest BCUT2D eigenvalue weighted by Crippen LogP contribution is 2.40. The van der Waals surface area contributed by atoms with E-state index in [9.17, 15) is 0 Å². The van der Waals surface area contributed by atoms with Crippen LogP contribution in [0.1, 0.15) is 31.2 Å². The van der Waals surface area contributed by atoms with Crippen LogP contribution < -0.4 is 18.9 Å². The lowest BCUT2D eigenvalue weighted by molar-refractivity contribution is 0.101. The van der Waals surface area contributed by atoms with E-state index in [2.05, 4.69) is 42.2 Å². The van der Waals surface area contributed by atoms with E-state index in [0.29, 0.717) is 40.5 Å². The van der Waals surface area contributed by atoms with E-state index in [1.165, 1.54) is 0 Å². The lowest BCUT2D eigenvalue weighted by Crippen LogP contribution is -2.21. The topological polar surface area (TPSA) is 118 Å². The van der Waals surface area contributed by atoms with Gasteiger partial charge in [0.2, 0.25) is 11.8 Å². The molecule has 4 rings (SSSR count). The smallest absolute Gasteiger partial charge is 0.239 e. The van der Waals surface area contributed by atoms with E-state index < -0.39 is 10.7 Å². The molecule has 0 radical (unpaired) electrons. The molecule has 39 heavy (non-hydrogen) atoms. The quantitative estimate of drug-likeness (QED) is 0.264. The van der Waals surface area contributed by atoms with Crippen molar-refractivity contribution in [1.29, 1.82) is 0 Å². The molecule has 3 aromatic heterocycles. The molecule has 3 heterocycles. The van der Waals surface area contributed by atoms with Crippen molar-refractivity contribution in [3.8, 4) is 34.5 Å². The third kappa shape index (κ3) is 5.86. The number of rotatable bonds is 11. The van der Waals surface area contributed by atoms with Gasteiger partial charge in [-0.25, -0.2) is 4.98 Å². The van der Waals surface area contributed by atoms with E-state index in [0.717, 1.165) is 11.1 Å². The number of nitrogens with zero attached hydrogens (tertiary/aromatic N) is 6. The molecular formula is C27H33N7O4S. The van der Waals surface area contributed by atoms with Gasteiger partial charge < -0.3 is 23.7 Å². The summed E-state index contributed by atoms with van der Waals surface area (Å²) in [5, 5.41) is 11.2. The Morgan fingerprint density at radius 3 is 2.26 bits per heavy atom. The van der Waals surface area contributed by atoms with Gasteiger partial charge in [0.1, 0.15) is 23.3 Å². The molecule has 0 fully saturated rings. The molecular weight excluding hydrogens is 518 g/mol. The van der Waals surface area contributed by atoms with E-state index in [4.69, 9.17) is 18.9 Å². The van der Waals surface area contributed by atoms with Gasteiger partial charge in [-0.15, -0.1) is 10.2 Å². The van der Waals surface area contributed by atoms with E-state index in [1.54, 1.807) is 53.2 Å². The van der Waals surface area contributed by atoms with Crippen molar-refractivity contribution in [2.24, 2.45) is 0 Å². The molecule has 3 atom stereocenters. The van der Waals surface area contributed by atoms with E-state index in [1.807, 2.05) is 42.7 Å². The average Bonchev–Trinajstić information content (AvgIpc) is 3.39. The van der Waals surface area contributed by atoms with Crippen molar-refractivity contribution in [3.05, 3.63) is 60.3 Å². The number of aromatic nitrogens is 6. The Morgan fingerprint density at radius 2 is 1.69 bits per heavy atom. The summed E-state index contributed by atoms with van der Waals surface area (Å²) in [5.41, 5.74) is 3.18. The van der Waals surface area contributed by atoms with Gasteiger partial charge in [-0.1, -0.05) is 16.7 Å². The van der Waals surface area contributed by atoms with Crippen LogP contribution in [0.25, 0.3) is 17.1 Å². The lowest BCUT2D eigenvalue weighted by Gasteiger charge is -2.26. The Labute approximate surface area is 230 Å². The maximum atomic E-state index is 5.88. The molecule has 0 aliphatic rings. The van der Waals surface area contributed by atoms with Crippen molar-refractivity contribution in [1.82, 2.24) is 29.7 Å². The van der Waals surface area contributed by atoms with E-state index >= 15 is 0 Å². The van der Waals surface area contributed by atoms with Gasteiger partial charge in [0.05, 0.1) is 39.4 Å². The molecule has 0 aliphatic heterocycles. The van der Waals surface area contributed by atoms with Gasteiger partial charge in [-0.2, -0.15) is 0 Å². The molecule has 0 saturated carbocycles. The van der Waals surface area contributed by atoms with Gasteiger partial charge in [0.25, 0.3) is 0 Å². The summed E-state index contributed by atoms with van der Waals surface area (Å²) in [5.74, 6) is 2.76. The lowest BCUT2D eigenvalue weighted by atomic mass is 10.2. The fourth-order valence-electron chi connectivity index (χ4n) is 4.21. The van der Waals surface area contributed by atoms with Crippen LogP contribution in [-0.2, 0) is 4.74 Å². The second-order valence-electron chi connectivity index (χ2n) is 8.50. The van der Waals surface area contributed by atoms with Crippen LogP contribution in [0, 0.1) is 6.92 Å². The number of para-hydroxylation sites is 1. The number of hydrogen-bond acceptors (Lipinski definition) is 10. The van der Waals surface area contributed by atoms with Gasteiger partial charge in [-0.3, -0.25) is 14.5 Å². The summed E-state index contributed by atoms with van der Waals surface area (Å²) >= 11 is 0. The Kier molecular flexibility index (Phi) is 9.10. The summed E-state index contributed by atoms with van der Waals surface area (Å²) < 4.78 is 28.0. The predicted octanol–water partition coefficient (Wildman–Crippen LogP) is 4.65. The molecule has 0 saturated heterocycles. The molecule has 0 spiro atoms. The largest absolute Gasteiger partial charge is 0.494 e. The first-order valence-electron chi connectivity index (χ1n) is 12.2. The third-order valence-corrected chi connectivity index (χ3v) is 8.09. The van der Waals surface area contributed by atoms with Crippen LogP contribution in [0.15, 0.2) is 49.1 Å². The van der Waals surface area contributed by atoms with Crippen molar-refractivity contribution < 1.29 is 18.9 Å². The summed E-state index contributed by atoms with van der Waals surface area (Å²) in [6.07, 6.45) is 6.48. The maximum Gasteiger partial charge on any atom is 0.239 e. The fraction of sp³-hybridized carbons (Fsp3) is 0.333. The highest BCUT2D eigenvalue weighted by atomic mass is 32.2. The first-order valence-corrected chi connectivity index (χ1v) is 13.6. The SMILES string of the molecule is C/C=S(\Nc1nnc(-c2cncc(C)c2)n1-c1c(OC)cccc1OC)[C@H](C)[C@H](OC)c1cnc(OC)cn1. The first-order chi connectivity index (χ1) is 18.9. The minimum absolute atomic E-state index is 0.0449. The fourth-order valence-corrected chi connectivity index (χ4v) is 5.81. The van der Waals surface area contributed by atoms with Gasteiger partial charge >= 0.3 is 0 Å². The normalized spacial score (nSPS) is 13.5. The average molecular weight is 552 g/mol. The summed E-state index contributed by atoms with van der Waals surface area (Å²) in [7, 11) is 5.93. The Balaban J connectivity index is 1.81. The van der Waals surface area contributed by atoms with Crippen LogP contribution in [-0.4, -0.2) is 68.8 Å². The summed E-state index contributed by atoms with van der Waals surface area (Å²) in [6.45, 7) is 6.07. The number of aryl methyl sites for hydroxylation is 1. The van der Waals surface area contributed by atoms with E-state index in [-0.39, 0.29) is 11.4 Å². The zero-order valence-corrected chi connectivity index (χ0v) is 23.9. The molecule has 1 unspecified atom stereocenters. The van der Waals surface area contributed by atoms with Gasteiger partial charge in [-0.05, 0) is 49.9 Å². The van der Waals surface area contributed by atoms with Crippen LogP contribution in [0.3, 0.4) is 0 Å². The minimum Gasteiger partial charge on any atom is -0.494 e.